The van der Waals surface area contributed by atoms with E-state index < -0.39 is 9.84 Å². The van der Waals surface area contributed by atoms with Gasteiger partial charge in [0.15, 0.2) is 15.6 Å². The lowest BCUT2D eigenvalue weighted by Crippen LogP contribution is -2.03. The number of benzene rings is 1. The Morgan fingerprint density at radius 3 is 2.33 bits per heavy atom. The zero-order valence-electron chi connectivity index (χ0n) is 10.2. The zero-order valence-corrected chi connectivity index (χ0v) is 11.0. The van der Waals surface area contributed by atoms with Crippen LogP contribution in [-0.4, -0.2) is 19.2 Å². The summed E-state index contributed by atoms with van der Waals surface area (Å²) in [5, 5.41) is 0. The van der Waals surface area contributed by atoms with Gasteiger partial charge in [-0.2, -0.15) is 4.98 Å². The molecule has 1 heterocycles. The maximum Gasteiger partial charge on any atom is 0.292 e. The van der Waals surface area contributed by atoms with E-state index in [1.165, 1.54) is 0 Å². The van der Waals surface area contributed by atoms with Crippen molar-refractivity contribution in [3.05, 3.63) is 30.0 Å². The SMILES string of the molecule is CCS(=O)(=O)c1ccc(-c2oc(N)nc2C)cc1. The van der Waals surface area contributed by atoms with Crippen molar-refractivity contribution >= 4 is 15.9 Å². The zero-order chi connectivity index (χ0) is 13.3. The summed E-state index contributed by atoms with van der Waals surface area (Å²) in [6.07, 6.45) is 0. The molecule has 18 heavy (non-hydrogen) atoms. The van der Waals surface area contributed by atoms with Gasteiger partial charge in [-0.05, 0) is 31.2 Å². The Bertz CT molecular complexity index is 657. The molecule has 0 spiro atoms. The minimum absolute atomic E-state index is 0.0840. The van der Waals surface area contributed by atoms with Gasteiger partial charge in [0.05, 0.1) is 16.3 Å². The summed E-state index contributed by atoms with van der Waals surface area (Å²) in [6, 6.07) is 6.61. The van der Waals surface area contributed by atoms with Crippen molar-refractivity contribution in [2.75, 3.05) is 11.5 Å². The minimum Gasteiger partial charge on any atom is -0.423 e. The maximum atomic E-state index is 11.7. The number of aromatic nitrogens is 1. The van der Waals surface area contributed by atoms with Crippen molar-refractivity contribution in [3.63, 3.8) is 0 Å². The molecule has 0 unspecified atom stereocenters. The fourth-order valence-electron chi connectivity index (χ4n) is 1.67. The van der Waals surface area contributed by atoms with Crippen molar-refractivity contribution in [3.8, 4) is 11.3 Å². The van der Waals surface area contributed by atoms with E-state index >= 15 is 0 Å². The van der Waals surface area contributed by atoms with Gasteiger partial charge in [0.25, 0.3) is 6.01 Å². The summed E-state index contributed by atoms with van der Waals surface area (Å²) in [5.41, 5.74) is 6.90. The molecule has 0 amide bonds. The van der Waals surface area contributed by atoms with E-state index in [1.54, 1.807) is 38.1 Å². The highest BCUT2D eigenvalue weighted by molar-refractivity contribution is 7.91. The molecule has 0 saturated heterocycles. The van der Waals surface area contributed by atoms with E-state index in [-0.39, 0.29) is 11.8 Å². The first-order valence-electron chi connectivity index (χ1n) is 5.50. The van der Waals surface area contributed by atoms with Crippen LogP contribution >= 0.6 is 0 Å². The molecule has 0 radical (unpaired) electrons. The van der Waals surface area contributed by atoms with Crippen LogP contribution in [0.1, 0.15) is 12.6 Å². The number of oxazole rings is 1. The van der Waals surface area contributed by atoms with E-state index in [2.05, 4.69) is 4.98 Å². The average Bonchev–Trinajstić information content (AvgIpc) is 2.69. The predicted octanol–water partition coefficient (Wildman–Crippen LogP) is 2.03. The Morgan fingerprint density at radius 1 is 1.28 bits per heavy atom. The molecule has 1 aromatic heterocycles. The lowest BCUT2D eigenvalue weighted by Gasteiger charge is -2.02. The molecular formula is C12H14N2O3S. The first-order chi connectivity index (χ1) is 8.44. The van der Waals surface area contributed by atoms with Crippen molar-refractivity contribution < 1.29 is 12.8 Å². The summed E-state index contributed by atoms with van der Waals surface area (Å²) < 4.78 is 28.6. The van der Waals surface area contributed by atoms with Crippen molar-refractivity contribution in [2.45, 2.75) is 18.7 Å². The molecule has 0 aliphatic carbocycles. The number of anilines is 1. The minimum atomic E-state index is -3.17. The monoisotopic (exact) mass is 266 g/mol. The Balaban J connectivity index is 2.42. The van der Waals surface area contributed by atoms with Crippen LogP contribution in [0.4, 0.5) is 6.01 Å². The van der Waals surface area contributed by atoms with E-state index in [1.807, 2.05) is 0 Å². The molecule has 2 N–H and O–H groups in total. The van der Waals surface area contributed by atoms with E-state index in [0.29, 0.717) is 16.3 Å². The molecule has 0 fully saturated rings. The molecule has 2 aromatic rings. The van der Waals surface area contributed by atoms with Gasteiger partial charge in [-0.15, -0.1) is 0 Å². The predicted molar refractivity (Wildman–Crippen MR) is 68.8 cm³/mol. The highest BCUT2D eigenvalue weighted by Gasteiger charge is 2.13. The second-order valence-electron chi connectivity index (χ2n) is 3.89. The summed E-state index contributed by atoms with van der Waals surface area (Å²) in [4.78, 5) is 4.27. The second-order valence-corrected chi connectivity index (χ2v) is 6.17. The standard InChI is InChI=1S/C12H14N2O3S/c1-3-18(15,16)10-6-4-9(5-7-10)11-8(2)14-12(13)17-11/h4-7H,3H2,1-2H3,(H2,13,14). The fraction of sp³-hybridized carbons (Fsp3) is 0.250. The largest absolute Gasteiger partial charge is 0.423 e. The quantitative estimate of drug-likeness (QED) is 0.918. The highest BCUT2D eigenvalue weighted by atomic mass is 32.2. The molecule has 6 heteroatoms. The van der Waals surface area contributed by atoms with Crippen LogP contribution in [0.2, 0.25) is 0 Å². The molecule has 1 aromatic carbocycles. The van der Waals surface area contributed by atoms with E-state index in [0.717, 1.165) is 5.56 Å². The van der Waals surface area contributed by atoms with Crippen LogP contribution in [-0.2, 0) is 9.84 Å². The first kappa shape index (κ1) is 12.6. The van der Waals surface area contributed by atoms with Crippen LogP contribution in [0.5, 0.6) is 0 Å². The smallest absolute Gasteiger partial charge is 0.292 e. The van der Waals surface area contributed by atoms with Gasteiger partial charge in [0.2, 0.25) is 0 Å². The Kier molecular flexibility index (Phi) is 3.13. The third-order valence-electron chi connectivity index (χ3n) is 2.67. The van der Waals surface area contributed by atoms with Crippen LogP contribution in [0.25, 0.3) is 11.3 Å². The average molecular weight is 266 g/mol. The molecule has 96 valence electrons. The number of nitrogens with two attached hydrogens (primary N) is 1. The fourth-order valence-corrected chi connectivity index (χ4v) is 2.55. The summed E-state index contributed by atoms with van der Waals surface area (Å²) >= 11 is 0. The topological polar surface area (TPSA) is 86.2 Å². The van der Waals surface area contributed by atoms with Crippen LogP contribution in [0.15, 0.2) is 33.6 Å². The number of hydrogen-bond donors (Lipinski definition) is 1. The van der Waals surface area contributed by atoms with E-state index in [4.69, 9.17) is 10.2 Å². The first-order valence-corrected chi connectivity index (χ1v) is 7.15. The van der Waals surface area contributed by atoms with Crippen LogP contribution in [0.3, 0.4) is 0 Å². The molecule has 5 nitrogen and oxygen atoms in total. The van der Waals surface area contributed by atoms with Crippen LogP contribution < -0.4 is 5.73 Å². The number of sulfone groups is 1. The number of rotatable bonds is 3. The molecule has 0 atom stereocenters. The third-order valence-corrected chi connectivity index (χ3v) is 4.42. The van der Waals surface area contributed by atoms with Crippen molar-refractivity contribution in [1.82, 2.24) is 4.98 Å². The number of nitrogen functional groups attached to an aromatic ring is 1. The molecular weight excluding hydrogens is 252 g/mol. The number of aryl methyl sites for hydroxylation is 1. The maximum absolute atomic E-state index is 11.7. The van der Waals surface area contributed by atoms with Gasteiger partial charge in [-0.25, -0.2) is 8.42 Å². The van der Waals surface area contributed by atoms with E-state index in [9.17, 15) is 8.42 Å². The lowest BCUT2D eigenvalue weighted by atomic mass is 10.1. The summed E-state index contributed by atoms with van der Waals surface area (Å²) in [5.74, 6) is 0.647. The molecule has 0 aliphatic rings. The second kappa shape index (κ2) is 4.45. The van der Waals surface area contributed by atoms with Gasteiger partial charge in [0.1, 0.15) is 0 Å². The molecule has 2 rings (SSSR count). The van der Waals surface area contributed by atoms with Crippen LogP contribution in [0, 0.1) is 6.92 Å². The van der Waals surface area contributed by atoms with Gasteiger partial charge in [-0.1, -0.05) is 6.92 Å². The molecule has 0 saturated carbocycles. The third kappa shape index (κ3) is 2.24. The number of nitrogens with zero attached hydrogens (tertiary/aromatic N) is 1. The normalized spacial score (nSPS) is 11.7. The number of hydrogen-bond acceptors (Lipinski definition) is 5. The summed E-state index contributed by atoms with van der Waals surface area (Å²) in [6.45, 7) is 3.40. The molecule has 0 bridgehead atoms. The van der Waals surface area contributed by atoms with Gasteiger partial charge >= 0.3 is 0 Å². The summed E-state index contributed by atoms with van der Waals surface area (Å²) in [7, 11) is -3.17. The Labute approximate surface area is 106 Å². The lowest BCUT2D eigenvalue weighted by molar-refractivity contribution is 0.592. The molecule has 0 aliphatic heterocycles. The van der Waals surface area contributed by atoms with Gasteiger partial charge < -0.3 is 10.2 Å². The Morgan fingerprint density at radius 2 is 1.89 bits per heavy atom. The Hall–Kier alpha value is -1.82. The van der Waals surface area contributed by atoms with Crippen molar-refractivity contribution in [2.24, 2.45) is 0 Å². The van der Waals surface area contributed by atoms with Crippen molar-refractivity contribution in [1.29, 1.82) is 0 Å². The highest BCUT2D eigenvalue weighted by Crippen LogP contribution is 2.26. The van der Waals surface area contributed by atoms with Gasteiger partial charge in [-0.3, -0.25) is 0 Å². The van der Waals surface area contributed by atoms with Gasteiger partial charge in [0, 0.05) is 5.56 Å².